The fourth-order valence-corrected chi connectivity index (χ4v) is 1.57. The van der Waals surface area contributed by atoms with E-state index in [-0.39, 0.29) is 16.9 Å². The zero-order chi connectivity index (χ0) is 13.2. The summed E-state index contributed by atoms with van der Waals surface area (Å²) < 4.78 is 18.6. The van der Waals surface area contributed by atoms with E-state index in [9.17, 15) is 9.18 Å². The highest BCUT2D eigenvalue weighted by molar-refractivity contribution is 5.98. The van der Waals surface area contributed by atoms with E-state index in [0.717, 1.165) is 0 Å². The Hall–Kier alpha value is -1.58. The van der Waals surface area contributed by atoms with Crippen LogP contribution in [-0.4, -0.2) is 18.4 Å². The number of nitrogens with one attached hydrogen (secondary N) is 1. The summed E-state index contributed by atoms with van der Waals surface area (Å²) in [6.07, 6.45) is 0. The summed E-state index contributed by atoms with van der Waals surface area (Å²) in [6.45, 7) is 7.23. The third-order valence-electron chi connectivity index (χ3n) is 2.15. The van der Waals surface area contributed by atoms with E-state index in [0.29, 0.717) is 11.4 Å². The SMILES string of the molecule is COc1c(NC(C)(C)C)cc(F)cc1C(C)=O. The van der Waals surface area contributed by atoms with Crippen molar-refractivity contribution < 1.29 is 13.9 Å². The summed E-state index contributed by atoms with van der Waals surface area (Å²) in [7, 11) is 1.47. The van der Waals surface area contributed by atoms with Crippen molar-refractivity contribution in [2.45, 2.75) is 33.2 Å². The molecule has 0 aliphatic rings. The maximum Gasteiger partial charge on any atom is 0.163 e. The largest absolute Gasteiger partial charge is 0.494 e. The first-order valence-electron chi connectivity index (χ1n) is 5.41. The Morgan fingerprint density at radius 2 is 1.94 bits per heavy atom. The highest BCUT2D eigenvalue weighted by Gasteiger charge is 2.18. The minimum absolute atomic E-state index is 0.224. The lowest BCUT2D eigenvalue weighted by atomic mass is 10.1. The van der Waals surface area contributed by atoms with Gasteiger partial charge in [0.25, 0.3) is 0 Å². The number of Topliss-reactive ketones (excluding diaryl/α,β-unsaturated/α-hetero) is 1. The fraction of sp³-hybridized carbons (Fsp3) is 0.462. The number of anilines is 1. The molecule has 3 nitrogen and oxygen atoms in total. The number of ether oxygens (including phenoxy) is 1. The third kappa shape index (κ3) is 3.44. The molecule has 0 fully saturated rings. The van der Waals surface area contributed by atoms with Crippen molar-refractivity contribution in [1.82, 2.24) is 0 Å². The van der Waals surface area contributed by atoms with Crippen LogP contribution in [0.15, 0.2) is 12.1 Å². The molecule has 0 spiro atoms. The molecule has 0 unspecified atom stereocenters. The van der Waals surface area contributed by atoms with Gasteiger partial charge >= 0.3 is 0 Å². The van der Waals surface area contributed by atoms with Crippen molar-refractivity contribution >= 4 is 11.5 Å². The number of hydrogen-bond donors (Lipinski definition) is 1. The van der Waals surface area contributed by atoms with Crippen molar-refractivity contribution in [2.24, 2.45) is 0 Å². The topological polar surface area (TPSA) is 38.3 Å². The number of methoxy groups -OCH3 is 1. The quantitative estimate of drug-likeness (QED) is 0.823. The molecule has 0 bridgehead atoms. The van der Waals surface area contributed by atoms with Gasteiger partial charge in [0.1, 0.15) is 5.82 Å². The molecule has 1 aromatic carbocycles. The zero-order valence-electron chi connectivity index (χ0n) is 10.8. The zero-order valence-corrected chi connectivity index (χ0v) is 10.8. The highest BCUT2D eigenvalue weighted by Crippen LogP contribution is 2.32. The monoisotopic (exact) mass is 239 g/mol. The van der Waals surface area contributed by atoms with Gasteiger partial charge in [-0.1, -0.05) is 0 Å². The lowest BCUT2D eigenvalue weighted by Crippen LogP contribution is -2.26. The van der Waals surface area contributed by atoms with E-state index in [1.807, 2.05) is 20.8 Å². The smallest absolute Gasteiger partial charge is 0.163 e. The highest BCUT2D eigenvalue weighted by atomic mass is 19.1. The molecule has 17 heavy (non-hydrogen) atoms. The van der Waals surface area contributed by atoms with Gasteiger partial charge in [-0.25, -0.2) is 4.39 Å². The van der Waals surface area contributed by atoms with Gasteiger partial charge in [0.15, 0.2) is 11.5 Å². The number of ketones is 1. The average Bonchev–Trinajstić information content (AvgIpc) is 2.14. The molecule has 0 saturated carbocycles. The Balaban J connectivity index is 3.33. The van der Waals surface area contributed by atoms with E-state index in [4.69, 9.17) is 4.74 Å². The van der Waals surface area contributed by atoms with Crippen LogP contribution in [0.4, 0.5) is 10.1 Å². The van der Waals surface area contributed by atoms with Gasteiger partial charge < -0.3 is 10.1 Å². The normalized spacial score (nSPS) is 11.2. The minimum atomic E-state index is -0.456. The summed E-state index contributed by atoms with van der Waals surface area (Å²) in [5.41, 5.74) is 0.499. The molecular formula is C13H18FNO2. The standard InChI is InChI=1S/C13H18FNO2/c1-8(16)10-6-9(14)7-11(12(10)17-5)15-13(2,3)4/h6-7,15H,1-5H3. The van der Waals surface area contributed by atoms with E-state index in [1.54, 1.807) is 0 Å². The second kappa shape index (κ2) is 4.73. The second-order valence-electron chi connectivity index (χ2n) is 4.97. The lowest BCUT2D eigenvalue weighted by molar-refractivity contribution is 0.101. The molecule has 0 aromatic heterocycles. The number of halogens is 1. The van der Waals surface area contributed by atoms with Crippen LogP contribution < -0.4 is 10.1 Å². The Kier molecular flexibility index (Phi) is 3.76. The second-order valence-corrected chi connectivity index (χ2v) is 4.97. The molecule has 1 rings (SSSR count). The summed E-state index contributed by atoms with van der Waals surface area (Å²) in [5, 5.41) is 3.12. The van der Waals surface area contributed by atoms with E-state index < -0.39 is 5.82 Å². The van der Waals surface area contributed by atoms with Gasteiger partial charge in [-0.15, -0.1) is 0 Å². The van der Waals surface area contributed by atoms with Crippen LogP contribution in [-0.2, 0) is 0 Å². The van der Waals surface area contributed by atoms with Crippen LogP contribution in [0, 0.1) is 5.82 Å². The van der Waals surface area contributed by atoms with Gasteiger partial charge in [-0.3, -0.25) is 4.79 Å². The Bertz CT molecular complexity index is 436. The summed E-state index contributed by atoms with van der Waals surface area (Å²) in [5.74, 6) is -0.296. The maximum atomic E-state index is 13.4. The summed E-state index contributed by atoms with van der Waals surface area (Å²) in [4.78, 5) is 11.4. The molecule has 1 N–H and O–H groups in total. The number of benzene rings is 1. The summed E-state index contributed by atoms with van der Waals surface area (Å²) in [6, 6.07) is 2.52. The molecular weight excluding hydrogens is 221 g/mol. The molecule has 0 atom stereocenters. The predicted molar refractivity (Wildman–Crippen MR) is 66.3 cm³/mol. The lowest BCUT2D eigenvalue weighted by Gasteiger charge is -2.24. The third-order valence-corrected chi connectivity index (χ3v) is 2.15. The number of hydrogen-bond acceptors (Lipinski definition) is 3. The van der Waals surface area contributed by atoms with Crippen molar-refractivity contribution in [3.8, 4) is 5.75 Å². The first-order valence-corrected chi connectivity index (χ1v) is 5.41. The molecule has 0 heterocycles. The predicted octanol–water partition coefficient (Wildman–Crippen LogP) is 3.25. The molecule has 94 valence electrons. The van der Waals surface area contributed by atoms with Crippen LogP contribution in [0.5, 0.6) is 5.75 Å². The first-order chi connectivity index (χ1) is 7.74. The Morgan fingerprint density at radius 1 is 1.35 bits per heavy atom. The number of carbonyl (C=O) groups excluding carboxylic acids is 1. The van der Waals surface area contributed by atoms with Crippen LogP contribution in [0.25, 0.3) is 0 Å². The van der Waals surface area contributed by atoms with Crippen molar-refractivity contribution in [3.05, 3.63) is 23.5 Å². The van der Waals surface area contributed by atoms with Gasteiger partial charge in [-0.05, 0) is 33.8 Å². The minimum Gasteiger partial charge on any atom is -0.494 e. The number of carbonyl (C=O) groups is 1. The summed E-state index contributed by atoms with van der Waals surface area (Å²) >= 11 is 0. The van der Waals surface area contributed by atoms with E-state index >= 15 is 0 Å². The van der Waals surface area contributed by atoms with Gasteiger partial charge in [0.2, 0.25) is 0 Å². The van der Waals surface area contributed by atoms with Crippen LogP contribution in [0.1, 0.15) is 38.1 Å². The first kappa shape index (κ1) is 13.5. The molecule has 4 heteroatoms. The molecule has 0 radical (unpaired) electrons. The van der Waals surface area contributed by atoms with E-state index in [2.05, 4.69) is 5.32 Å². The average molecular weight is 239 g/mol. The Morgan fingerprint density at radius 3 is 2.35 bits per heavy atom. The van der Waals surface area contributed by atoms with Crippen molar-refractivity contribution in [2.75, 3.05) is 12.4 Å². The van der Waals surface area contributed by atoms with Crippen LogP contribution in [0.3, 0.4) is 0 Å². The van der Waals surface area contributed by atoms with Gasteiger partial charge in [0.05, 0.1) is 18.4 Å². The van der Waals surface area contributed by atoms with Gasteiger partial charge in [-0.2, -0.15) is 0 Å². The molecule has 0 aliphatic carbocycles. The van der Waals surface area contributed by atoms with Crippen LogP contribution in [0.2, 0.25) is 0 Å². The Labute approximate surface area is 101 Å². The number of rotatable bonds is 3. The van der Waals surface area contributed by atoms with Gasteiger partial charge in [0, 0.05) is 11.6 Å². The molecule has 1 aromatic rings. The van der Waals surface area contributed by atoms with Crippen LogP contribution >= 0.6 is 0 Å². The fourth-order valence-electron chi connectivity index (χ4n) is 1.57. The molecule has 0 saturated heterocycles. The molecule has 0 amide bonds. The maximum absolute atomic E-state index is 13.4. The van der Waals surface area contributed by atoms with E-state index in [1.165, 1.54) is 26.2 Å². The van der Waals surface area contributed by atoms with Crippen molar-refractivity contribution in [1.29, 1.82) is 0 Å². The molecule has 0 aliphatic heterocycles. The van der Waals surface area contributed by atoms with Crippen molar-refractivity contribution in [3.63, 3.8) is 0 Å².